The molecule has 2 aromatic rings. The summed E-state index contributed by atoms with van der Waals surface area (Å²) in [6.45, 7) is 3.19. The molecule has 0 amide bonds. The molecule has 0 aromatic heterocycles. The zero-order valence-corrected chi connectivity index (χ0v) is 12.7. The van der Waals surface area contributed by atoms with E-state index in [0.717, 1.165) is 18.7 Å². The summed E-state index contributed by atoms with van der Waals surface area (Å²) in [5.41, 5.74) is 5.87. The summed E-state index contributed by atoms with van der Waals surface area (Å²) in [7, 11) is 0. The van der Waals surface area contributed by atoms with Crippen molar-refractivity contribution in [1.29, 1.82) is 0 Å². The van der Waals surface area contributed by atoms with Gasteiger partial charge in [0.05, 0.1) is 0 Å². The number of rotatable bonds is 4. The van der Waals surface area contributed by atoms with E-state index in [1.54, 1.807) is 0 Å². The lowest BCUT2D eigenvalue weighted by Gasteiger charge is -2.26. The molecule has 1 aliphatic rings. The summed E-state index contributed by atoms with van der Waals surface area (Å²) in [5.74, 6) is 2.32. The van der Waals surface area contributed by atoms with Gasteiger partial charge in [0.1, 0.15) is 0 Å². The fourth-order valence-electron chi connectivity index (χ4n) is 2.86. The summed E-state index contributed by atoms with van der Waals surface area (Å²) in [6, 6.07) is 18.1. The van der Waals surface area contributed by atoms with Crippen LogP contribution >= 0.6 is 11.8 Å². The van der Waals surface area contributed by atoms with Crippen molar-refractivity contribution < 1.29 is 0 Å². The lowest BCUT2D eigenvalue weighted by molar-refractivity contribution is 0.573. The molecule has 1 aliphatic heterocycles. The van der Waals surface area contributed by atoms with Crippen LogP contribution in [0.15, 0.2) is 48.5 Å². The van der Waals surface area contributed by atoms with Crippen LogP contribution in [0.3, 0.4) is 0 Å². The maximum Gasteiger partial charge on any atom is 0.0417 e. The van der Waals surface area contributed by atoms with E-state index < -0.39 is 0 Å². The Labute approximate surface area is 125 Å². The van der Waals surface area contributed by atoms with Gasteiger partial charge >= 0.3 is 0 Å². The van der Waals surface area contributed by atoms with E-state index in [4.69, 9.17) is 0 Å². The maximum absolute atomic E-state index is 3.75. The molecule has 104 valence electrons. The highest BCUT2D eigenvalue weighted by Crippen LogP contribution is 2.31. The van der Waals surface area contributed by atoms with Crippen molar-refractivity contribution in [1.82, 2.24) is 5.32 Å². The van der Waals surface area contributed by atoms with E-state index in [-0.39, 0.29) is 0 Å². The third-order valence-electron chi connectivity index (χ3n) is 4.01. The molecule has 2 aromatic carbocycles. The van der Waals surface area contributed by atoms with Crippen LogP contribution in [-0.2, 0) is 18.7 Å². The Morgan fingerprint density at radius 1 is 1.05 bits per heavy atom. The van der Waals surface area contributed by atoms with Crippen molar-refractivity contribution in [3.05, 3.63) is 70.8 Å². The summed E-state index contributed by atoms with van der Waals surface area (Å²) in [5, 5.41) is 3.75. The van der Waals surface area contributed by atoms with Gasteiger partial charge in [0.15, 0.2) is 0 Å². The Balaban J connectivity index is 1.73. The minimum Gasteiger partial charge on any atom is -0.305 e. The summed E-state index contributed by atoms with van der Waals surface area (Å²) in [4.78, 5) is 0. The SMILES string of the molecule is CCc1ccccc1CNC1CSCc2ccccc21. The van der Waals surface area contributed by atoms with Crippen molar-refractivity contribution >= 4 is 11.8 Å². The van der Waals surface area contributed by atoms with Gasteiger partial charge in [-0.25, -0.2) is 0 Å². The zero-order chi connectivity index (χ0) is 13.8. The van der Waals surface area contributed by atoms with E-state index in [2.05, 4.69) is 60.8 Å². The number of nitrogens with one attached hydrogen (secondary N) is 1. The second-order valence-electron chi connectivity index (χ2n) is 5.27. The Morgan fingerprint density at radius 2 is 1.80 bits per heavy atom. The van der Waals surface area contributed by atoms with Gasteiger partial charge in [0.25, 0.3) is 0 Å². The topological polar surface area (TPSA) is 12.0 Å². The normalized spacial score (nSPS) is 17.8. The van der Waals surface area contributed by atoms with E-state index in [0.29, 0.717) is 6.04 Å². The zero-order valence-electron chi connectivity index (χ0n) is 11.9. The third kappa shape index (κ3) is 2.92. The summed E-state index contributed by atoms with van der Waals surface area (Å²) >= 11 is 2.03. The molecule has 0 aliphatic carbocycles. The summed E-state index contributed by atoms with van der Waals surface area (Å²) in [6.07, 6.45) is 1.11. The third-order valence-corrected chi connectivity index (χ3v) is 5.09. The van der Waals surface area contributed by atoms with Crippen molar-refractivity contribution in [2.45, 2.75) is 31.7 Å². The van der Waals surface area contributed by atoms with Gasteiger partial charge in [0, 0.05) is 24.1 Å². The molecule has 0 spiro atoms. The first kappa shape index (κ1) is 13.7. The van der Waals surface area contributed by atoms with Gasteiger partial charge in [-0.1, -0.05) is 55.5 Å². The van der Waals surface area contributed by atoms with Crippen molar-refractivity contribution in [2.24, 2.45) is 0 Å². The van der Waals surface area contributed by atoms with Gasteiger partial charge in [0.2, 0.25) is 0 Å². The number of hydrogen-bond acceptors (Lipinski definition) is 2. The standard InChI is InChI=1S/C18H21NS/c1-2-14-7-3-4-8-15(14)11-19-18-13-20-12-16-9-5-6-10-17(16)18/h3-10,18-19H,2,11-13H2,1H3. The highest BCUT2D eigenvalue weighted by molar-refractivity contribution is 7.98. The Hall–Kier alpha value is -1.25. The van der Waals surface area contributed by atoms with Gasteiger partial charge in [-0.2, -0.15) is 11.8 Å². The largest absolute Gasteiger partial charge is 0.305 e. The fourth-order valence-corrected chi connectivity index (χ4v) is 3.99. The molecular formula is C18H21NS. The number of benzene rings is 2. The number of thioether (sulfide) groups is 1. The van der Waals surface area contributed by atoms with Crippen LogP contribution in [0, 0.1) is 0 Å². The summed E-state index contributed by atoms with van der Waals surface area (Å²) < 4.78 is 0. The predicted molar refractivity (Wildman–Crippen MR) is 88.0 cm³/mol. The first-order valence-corrected chi connectivity index (χ1v) is 8.49. The Kier molecular flexibility index (Phi) is 4.44. The second-order valence-corrected chi connectivity index (χ2v) is 6.30. The first-order valence-electron chi connectivity index (χ1n) is 7.34. The molecule has 0 bridgehead atoms. The number of hydrogen-bond donors (Lipinski definition) is 1. The monoisotopic (exact) mass is 283 g/mol. The van der Waals surface area contributed by atoms with E-state index in [9.17, 15) is 0 Å². The van der Waals surface area contributed by atoms with Gasteiger partial charge in [-0.05, 0) is 28.7 Å². The molecule has 1 N–H and O–H groups in total. The lowest BCUT2D eigenvalue weighted by atomic mass is 10.0. The first-order chi connectivity index (χ1) is 9.88. The molecule has 1 heterocycles. The smallest absolute Gasteiger partial charge is 0.0417 e. The molecule has 0 radical (unpaired) electrons. The molecule has 1 unspecified atom stereocenters. The molecule has 0 saturated heterocycles. The van der Waals surface area contributed by atoms with E-state index >= 15 is 0 Å². The van der Waals surface area contributed by atoms with Crippen LogP contribution in [-0.4, -0.2) is 5.75 Å². The molecule has 1 nitrogen and oxygen atoms in total. The molecule has 3 rings (SSSR count). The lowest BCUT2D eigenvalue weighted by Crippen LogP contribution is -2.26. The average Bonchev–Trinajstić information content (AvgIpc) is 2.53. The van der Waals surface area contributed by atoms with Crippen molar-refractivity contribution in [3.63, 3.8) is 0 Å². The Bertz CT molecular complexity index is 579. The van der Waals surface area contributed by atoms with Gasteiger partial charge in [-0.3, -0.25) is 0 Å². The van der Waals surface area contributed by atoms with Crippen molar-refractivity contribution in [3.8, 4) is 0 Å². The highest BCUT2D eigenvalue weighted by atomic mass is 32.2. The van der Waals surface area contributed by atoms with Crippen LogP contribution in [0.1, 0.15) is 35.2 Å². The maximum atomic E-state index is 3.75. The molecule has 20 heavy (non-hydrogen) atoms. The van der Waals surface area contributed by atoms with Crippen LogP contribution in [0.2, 0.25) is 0 Å². The van der Waals surface area contributed by atoms with Crippen LogP contribution in [0.25, 0.3) is 0 Å². The van der Waals surface area contributed by atoms with Gasteiger partial charge in [-0.15, -0.1) is 0 Å². The molecule has 0 fully saturated rings. The molecule has 0 saturated carbocycles. The second kappa shape index (κ2) is 6.47. The van der Waals surface area contributed by atoms with Crippen LogP contribution < -0.4 is 5.32 Å². The molecule has 1 atom stereocenters. The predicted octanol–water partition coefficient (Wildman–Crippen LogP) is 4.33. The molecular weight excluding hydrogens is 262 g/mol. The molecule has 2 heteroatoms. The van der Waals surface area contributed by atoms with Gasteiger partial charge < -0.3 is 5.32 Å². The average molecular weight is 283 g/mol. The highest BCUT2D eigenvalue weighted by Gasteiger charge is 2.19. The quantitative estimate of drug-likeness (QED) is 0.896. The van der Waals surface area contributed by atoms with E-state index in [1.807, 2.05) is 11.8 Å². The fraction of sp³-hybridized carbons (Fsp3) is 0.333. The minimum absolute atomic E-state index is 0.481. The number of fused-ring (bicyclic) bond motifs is 1. The van der Waals surface area contributed by atoms with Crippen molar-refractivity contribution in [2.75, 3.05) is 5.75 Å². The van der Waals surface area contributed by atoms with E-state index in [1.165, 1.54) is 28.0 Å². The van der Waals surface area contributed by atoms with Crippen LogP contribution in [0.4, 0.5) is 0 Å². The minimum atomic E-state index is 0.481. The Morgan fingerprint density at radius 3 is 2.65 bits per heavy atom. The van der Waals surface area contributed by atoms with Crippen LogP contribution in [0.5, 0.6) is 0 Å². The number of aryl methyl sites for hydroxylation is 1.